The van der Waals surface area contributed by atoms with Crippen LogP contribution in [-0.4, -0.2) is 22.0 Å². The minimum Gasteiger partial charge on any atom is -0.461 e. The summed E-state index contributed by atoms with van der Waals surface area (Å²) in [6.07, 6.45) is 1.90. The van der Waals surface area contributed by atoms with Crippen LogP contribution in [0.4, 0.5) is 0 Å². The molecule has 0 radical (unpaired) electrons. The van der Waals surface area contributed by atoms with Gasteiger partial charge < -0.3 is 4.74 Å². The van der Waals surface area contributed by atoms with Crippen molar-refractivity contribution in [2.24, 2.45) is 0 Å². The second-order valence-corrected chi connectivity index (χ2v) is 4.75. The van der Waals surface area contributed by atoms with E-state index in [1.54, 1.807) is 18.3 Å². The fraction of sp³-hybridized carbons (Fsp3) is 0.143. The molecule has 0 atom stereocenters. The lowest BCUT2D eigenvalue weighted by Crippen LogP contribution is -2.06. The topological polar surface area (TPSA) is 43.6 Å². The third-order valence-electron chi connectivity index (χ3n) is 2.79. The fourth-order valence-electron chi connectivity index (χ4n) is 2.01. The number of fused-ring (bicyclic) bond motifs is 1. The zero-order valence-corrected chi connectivity index (χ0v) is 11.2. The van der Waals surface area contributed by atoms with Crippen molar-refractivity contribution in [2.45, 2.75) is 6.92 Å². The fourth-order valence-corrected chi connectivity index (χ4v) is 2.65. The largest absolute Gasteiger partial charge is 0.461 e. The first-order valence-corrected chi connectivity index (χ1v) is 6.92. The number of nitrogens with zero attached hydrogens (tertiary/aromatic N) is 2. The first kappa shape index (κ1) is 11.9. The van der Waals surface area contributed by atoms with Crippen LogP contribution in [0.2, 0.25) is 0 Å². The Balaban J connectivity index is 2.26. The summed E-state index contributed by atoms with van der Waals surface area (Å²) in [6, 6.07) is 7.66. The minimum absolute atomic E-state index is 0.343. The number of esters is 1. The average molecular weight is 272 g/mol. The smallest absolute Gasteiger partial charge is 0.359 e. The molecule has 0 aromatic carbocycles. The number of rotatable bonds is 3. The van der Waals surface area contributed by atoms with Gasteiger partial charge in [-0.05, 0) is 30.5 Å². The zero-order valence-electron chi connectivity index (χ0n) is 10.4. The van der Waals surface area contributed by atoms with Crippen LogP contribution >= 0.6 is 11.3 Å². The third-order valence-corrected chi connectivity index (χ3v) is 3.48. The molecule has 0 aliphatic heterocycles. The van der Waals surface area contributed by atoms with E-state index < -0.39 is 0 Å². The quantitative estimate of drug-likeness (QED) is 0.687. The number of imidazole rings is 1. The molecule has 0 saturated heterocycles. The molecule has 0 saturated carbocycles. The van der Waals surface area contributed by atoms with Crippen molar-refractivity contribution >= 4 is 23.0 Å². The van der Waals surface area contributed by atoms with Crippen LogP contribution in [0.1, 0.15) is 17.4 Å². The monoisotopic (exact) mass is 272 g/mol. The maximum Gasteiger partial charge on any atom is 0.359 e. The van der Waals surface area contributed by atoms with E-state index in [1.165, 1.54) is 0 Å². The van der Waals surface area contributed by atoms with E-state index in [9.17, 15) is 4.79 Å². The predicted molar refractivity (Wildman–Crippen MR) is 74.5 cm³/mol. The number of hydrogen-bond acceptors (Lipinski definition) is 4. The molecule has 96 valence electrons. The maximum atomic E-state index is 12.0. The Kier molecular flexibility index (Phi) is 3.05. The van der Waals surface area contributed by atoms with Crippen LogP contribution in [0.25, 0.3) is 16.9 Å². The molecule has 0 N–H and O–H groups in total. The zero-order chi connectivity index (χ0) is 13.2. The number of ether oxygens (including phenoxy) is 1. The Morgan fingerprint density at radius 1 is 1.42 bits per heavy atom. The Bertz CT molecular complexity index is 716. The van der Waals surface area contributed by atoms with E-state index in [1.807, 2.05) is 45.6 Å². The first-order valence-electron chi connectivity index (χ1n) is 5.98. The highest BCUT2D eigenvalue weighted by Gasteiger charge is 2.21. The van der Waals surface area contributed by atoms with Gasteiger partial charge in [-0.25, -0.2) is 9.78 Å². The molecule has 5 heteroatoms. The van der Waals surface area contributed by atoms with Gasteiger partial charge in [-0.1, -0.05) is 6.07 Å². The van der Waals surface area contributed by atoms with Crippen LogP contribution in [0.15, 0.2) is 41.2 Å². The van der Waals surface area contributed by atoms with Crippen molar-refractivity contribution in [2.75, 3.05) is 6.61 Å². The van der Waals surface area contributed by atoms with Gasteiger partial charge >= 0.3 is 5.97 Å². The van der Waals surface area contributed by atoms with Crippen molar-refractivity contribution < 1.29 is 9.53 Å². The van der Waals surface area contributed by atoms with E-state index in [4.69, 9.17) is 4.74 Å². The highest BCUT2D eigenvalue weighted by Crippen LogP contribution is 2.27. The number of carbonyl (C=O) groups is 1. The number of hydrogen-bond donors (Lipinski definition) is 0. The molecule has 3 aromatic rings. The number of pyridine rings is 1. The molecular weight excluding hydrogens is 260 g/mol. The van der Waals surface area contributed by atoms with E-state index in [-0.39, 0.29) is 5.97 Å². The molecular formula is C14H12N2O2S. The van der Waals surface area contributed by atoms with Crippen molar-refractivity contribution in [3.05, 3.63) is 46.9 Å². The average Bonchev–Trinajstić information content (AvgIpc) is 3.05. The number of aromatic nitrogens is 2. The molecule has 3 aromatic heterocycles. The van der Waals surface area contributed by atoms with Gasteiger partial charge in [0, 0.05) is 17.1 Å². The Labute approximate surface area is 114 Å². The molecule has 0 fully saturated rings. The van der Waals surface area contributed by atoms with E-state index >= 15 is 0 Å². The highest BCUT2D eigenvalue weighted by atomic mass is 32.1. The standard InChI is InChI=1S/C14H12N2O2S/c1-2-18-14(17)12-13(10-6-8-19-9-10)16-7-4-3-5-11(16)15-12/h3-9H,2H2,1H3. The molecule has 4 nitrogen and oxygen atoms in total. The van der Waals surface area contributed by atoms with Crippen LogP contribution < -0.4 is 0 Å². The van der Waals surface area contributed by atoms with Gasteiger partial charge in [-0.2, -0.15) is 11.3 Å². The Hall–Kier alpha value is -2.14. The lowest BCUT2D eigenvalue weighted by atomic mass is 10.2. The molecule has 0 spiro atoms. The van der Waals surface area contributed by atoms with Crippen LogP contribution in [-0.2, 0) is 4.74 Å². The summed E-state index contributed by atoms with van der Waals surface area (Å²) in [5, 5.41) is 3.98. The molecule has 0 bridgehead atoms. The minimum atomic E-state index is -0.382. The maximum absolute atomic E-state index is 12.0. The van der Waals surface area contributed by atoms with Crippen molar-refractivity contribution in [3.63, 3.8) is 0 Å². The lowest BCUT2D eigenvalue weighted by Gasteiger charge is -2.02. The molecule has 0 amide bonds. The summed E-state index contributed by atoms with van der Waals surface area (Å²) in [4.78, 5) is 16.4. The van der Waals surface area contributed by atoms with Gasteiger partial charge in [0.1, 0.15) is 5.65 Å². The van der Waals surface area contributed by atoms with Crippen LogP contribution in [0.3, 0.4) is 0 Å². The molecule has 19 heavy (non-hydrogen) atoms. The molecule has 3 heterocycles. The molecule has 0 aliphatic carbocycles. The second kappa shape index (κ2) is 4.85. The van der Waals surface area contributed by atoms with Gasteiger partial charge in [0.15, 0.2) is 5.69 Å². The predicted octanol–water partition coefficient (Wildman–Crippen LogP) is 3.24. The van der Waals surface area contributed by atoms with Gasteiger partial charge in [0.05, 0.1) is 12.3 Å². The number of thiophene rings is 1. The molecule has 0 aliphatic rings. The van der Waals surface area contributed by atoms with E-state index in [2.05, 4.69) is 4.98 Å². The van der Waals surface area contributed by atoms with Gasteiger partial charge in [0.25, 0.3) is 0 Å². The lowest BCUT2D eigenvalue weighted by molar-refractivity contribution is 0.0521. The summed E-state index contributed by atoms with van der Waals surface area (Å²) in [6.45, 7) is 2.13. The third kappa shape index (κ3) is 2.02. The van der Waals surface area contributed by atoms with Gasteiger partial charge in [-0.3, -0.25) is 4.40 Å². The summed E-state index contributed by atoms with van der Waals surface area (Å²) in [5.74, 6) is -0.382. The van der Waals surface area contributed by atoms with Crippen LogP contribution in [0.5, 0.6) is 0 Å². The second-order valence-electron chi connectivity index (χ2n) is 3.97. The van der Waals surface area contributed by atoms with Crippen LogP contribution in [0, 0.1) is 0 Å². The number of carbonyl (C=O) groups excluding carboxylic acids is 1. The van der Waals surface area contributed by atoms with Gasteiger partial charge in [0.2, 0.25) is 0 Å². The van der Waals surface area contributed by atoms with E-state index in [0.29, 0.717) is 12.3 Å². The Morgan fingerprint density at radius 2 is 2.32 bits per heavy atom. The van der Waals surface area contributed by atoms with Gasteiger partial charge in [-0.15, -0.1) is 0 Å². The Morgan fingerprint density at radius 3 is 3.05 bits per heavy atom. The van der Waals surface area contributed by atoms with Crippen molar-refractivity contribution in [1.82, 2.24) is 9.38 Å². The normalized spacial score (nSPS) is 10.8. The highest BCUT2D eigenvalue weighted by molar-refractivity contribution is 7.08. The summed E-state index contributed by atoms with van der Waals surface area (Å²) in [5.41, 5.74) is 2.88. The summed E-state index contributed by atoms with van der Waals surface area (Å²) in [7, 11) is 0. The van der Waals surface area contributed by atoms with E-state index in [0.717, 1.165) is 16.9 Å². The molecule has 3 rings (SSSR count). The summed E-state index contributed by atoms with van der Waals surface area (Å²) >= 11 is 1.59. The first-order chi connectivity index (χ1) is 9.31. The van der Waals surface area contributed by atoms with Crippen molar-refractivity contribution in [3.8, 4) is 11.3 Å². The molecule has 0 unspecified atom stereocenters. The van der Waals surface area contributed by atoms with Crippen molar-refractivity contribution in [1.29, 1.82) is 0 Å². The SMILES string of the molecule is CCOC(=O)c1nc2ccccn2c1-c1ccsc1. The summed E-state index contributed by atoms with van der Waals surface area (Å²) < 4.78 is 7.00.